The molecule has 2 fully saturated rings. The van der Waals surface area contributed by atoms with Crippen molar-refractivity contribution in [2.24, 2.45) is 11.8 Å². The topological polar surface area (TPSA) is 78.4 Å². The van der Waals surface area contributed by atoms with Crippen molar-refractivity contribution < 1.29 is 14.7 Å². The number of carboxylic acids is 1. The van der Waals surface area contributed by atoms with E-state index in [9.17, 15) is 9.59 Å². The molecule has 2 amide bonds. The van der Waals surface area contributed by atoms with Gasteiger partial charge >= 0.3 is 12.0 Å². The van der Waals surface area contributed by atoms with E-state index < -0.39 is 12.0 Å². The maximum absolute atomic E-state index is 11.8. The fourth-order valence-electron chi connectivity index (χ4n) is 2.26. The van der Waals surface area contributed by atoms with Gasteiger partial charge in [0.2, 0.25) is 0 Å². The van der Waals surface area contributed by atoms with Gasteiger partial charge in [-0.25, -0.2) is 9.59 Å². The third kappa shape index (κ3) is 3.89. The monoisotopic (exact) mass is 254 g/mol. The predicted molar refractivity (Wildman–Crippen MR) is 67.2 cm³/mol. The second kappa shape index (κ2) is 5.59. The molecule has 0 spiro atoms. The molecular weight excluding hydrogens is 232 g/mol. The fourth-order valence-corrected chi connectivity index (χ4v) is 2.26. The number of carbonyl (C=O) groups excluding carboxylic acids is 1. The van der Waals surface area contributed by atoms with Crippen molar-refractivity contribution in [2.45, 2.75) is 57.5 Å². The van der Waals surface area contributed by atoms with Crippen LogP contribution in [0, 0.1) is 11.8 Å². The van der Waals surface area contributed by atoms with Crippen molar-refractivity contribution in [3.8, 4) is 0 Å². The number of nitrogens with one attached hydrogen (secondary N) is 2. The molecule has 2 unspecified atom stereocenters. The van der Waals surface area contributed by atoms with Crippen LogP contribution in [-0.4, -0.2) is 29.2 Å². The highest BCUT2D eigenvalue weighted by Gasteiger charge is 2.37. The average Bonchev–Trinajstić information content (AvgIpc) is 3.17. The molecule has 0 radical (unpaired) electrons. The van der Waals surface area contributed by atoms with E-state index in [4.69, 9.17) is 5.11 Å². The first-order chi connectivity index (χ1) is 8.60. The summed E-state index contributed by atoms with van der Waals surface area (Å²) in [4.78, 5) is 22.8. The summed E-state index contributed by atoms with van der Waals surface area (Å²) in [6, 6.07) is -0.878. The Balaban J connectivity index is 1.76. The summed E-state index contributed by atoms with van der Waals surface area (Å²) in [7, 11) is 0. The van der Waals surface area contributed by atoms with Crippen LogP contribution >= 0.6 is 0 Å². The van der Waals surface area contributed by atoms with Gasteiger partial charge in [0.25, 0.3) is 0 Å². The highest BCUT2D eigenvalue weighted by molar-refractivity contribution is 5.83. The third-order valence-electron chi connectivity index (χ3n) is 3.79. The number of hydrogen-bond donors (Lipinski definition) is 3. The lowest BCUT2D eigenvalue weighted by Gasteiger charge is -2.19. The van der Waals surface area contributed by atoms with E-state index in [1.165, 1.54) is 12.8 Å². The summed E-state index contributed by atoms with van der Waals surface area (Å²) in [6.45, 7) is 2.04. The molecule has 2 saturated carbocycles. The van der Waals surface area contributed by atoms with Gasteiger partial charge in [-0.15, -0.1) is 0 Å². The molecule has 0 bridgehead atoms. The van der Waals surface area contributed by atoms with E-state index in [0.29, 0.717) is 0 Å². The molecule has 2 atom stereocenters. The Morgan fingerprint density at radius 2 is 1.89 bits per heavy atom. The molecule has 0 saturated heterocycles. The molecule has 2 aliphatic rings. The standard InChI is InChI=1S/C13H22N2O3/c1-2-10(7-8-3-4-8)14-13(18)15-11(12(16)17)9-5-6-9/h8-11H,2-7H2,1H3,(H,16,17)(H2,14,15,18). The van der Waals surface area contributed by atoms with Gasteiger partial charge in [-0.05, 0) is 37.5 Å². The van der Waals surface area contributed by atoms with Gasteiger partial charge < -0.3 is 15.7 Å². The summed E-state index contributed by atoms with van der Waals surface area (Å²) in [5.74, 6) is -0.0476. The molecule has 0 aromatic rings. The number of hydrogen-bond acceptors (Lipinski definition) is 2. The third-order valence-corrected chi connectivity index (χ3v) is 3.79. The maximum Gasteiger partial charge on any atom is 0.326 e. The van der Waals surface area contributed by atoms with Crippen molar-refractivity contribution in [1.82, 2.24) is 10.6 Å². The van der Waals surface area contributed by atoms with E-state index in [-0.39, 0.29) is 18.0 Å². The van der Waals surface area contributed by atoms with Crippen LogP contribution in [0.4, 0.5) is 4.79 Å². The molecule has 3 N–H and O–H groups in total. The molecule has 2 aliphatic carbocycles. The van der Waals surface area contributed by atoms with Gasteiger partial charge in [-0.3, -0.25) is 0 Å². The van der Waals surface area contributed by atoms with Crippen molar-refractivity contribution in [3.63, 3.8) is 0 Å². The molecular formula is C13H22N2O3. The van der Waals surface area contributed by atoms with Crippen LogP contribution in [0.2, 0.25) is 0 Å². The SMILES string of the molecule is CCC(CC1CC1)NC(=O)NC(C(=O)O)C1CC1. The first-order valence-electron chi connectivity index (χ1n) is 6.90. The van der Waals surface area contributed by atoms with Crippen LogP contribution in [0.25, 0.3) is 0 Å². The molecule has 18 heavy (non-hydrogen) atoms. The van der Waals surface area contributed by atoms with E-state index in [2.05, 4.69) is 10.6 Å². The van der Waals surface area contributed by atoms with E-state index >= 15 is 0 Å². The first-order valence-corrected chi connectivity index (χ1v) is 6.90. The Labute approximate surface area is 107 Å². The zero-order valence-corrected chi connectivity index (χ0v) is 10.8. The van der Waals surface area contributed by atoms with Crippen LogP contribution < -0.4 is 10.6 Å². The molecule has 0 heterocycles. The minimum Gasteiger partial charge on any atom is -0.480 e. The number of rotatable bonds is 7. The normalized spacial score (nSPS) is 22.1. The van der Waals surface area contributed by atoms with Crippen molar-refractivity contribution in [1.29, 1.82) is 0 Å². The highest BCUT2D eigenvalue weighted by Crippen LogP contribution is 2.34. The molecule has 0 aliphatic heterocycles. The summed E-state index contributed by atoms with van der Waals surface area (Å²) in [5, 5.41) is 14.5. The number of aliphatic carboxylic acids is 1. The predicted octanol–water partition coefficient (Wildman–Crippen LogP) is 1.73. The van der Waals surface area contributed by atoms with Crippen LogP contribution in [0.5, 0.6) is 0 Å². The Bertz CT molecular complexity index is 324. The summed E-state index contributed by atoms with van der Waals surface area (Å²) < 4.78 is 0. The lowest BCUT2D eigenvalue weighted by Crippen LogP contribution is -2.49. The van der Waals surface area contributed by atoms with E-state index in [1.54, 1.807) is 0 Å². The smallest absolute Gasteiger partial charge is 0.326 e. The molecule has 5 heteroatoms. The van der Waals surface area contributed by atoms with Gasteiger partial charge in [0, 0.05) is 6.04 Å². The maximum atomic E-state index is 11.8. The lowest BCUT2D eigenvalue weighted by atomic mass is 10.1. The average molecular weight is 254 g/mol. The largest absolute Gasteiger partial charge is 0.480 e. The number of urea groups is 1. The van der Waals surface area contributed by atoms with E-state index in [1.807, 2.05) is 6.92 Å². The van der Waals surface area contributed by atoms with Crippen LogP contribution in [0.15, 0.2) is 0 Å². The van der Waals surface area contributed by atoms with Crippen LogP contribution in [0.3, 0.4) is 0 Å². The van der Waals surface area contributed by atoms with Gasteiger partial charge in [0.15, 0.2) is 0 Å². The second-order valence-corrected chi connectivity index (χ2v) is 5.56. The van der Waals surface area contributed by atoms with Crippen LogP contribution in [-0.2, 0) is 4.79 Å². The van der Waals surface area contributed by atoms with Gasteiger partial charge in [0.1, 0.15) is 6.04 Å². The number of carbonyl (C=O) groups is 2. The van der Waals surface area contributed by atoms with E-state index in [0.717, 1.165) is 31.6 Å². The lowest BCUT2D eigenvalue weighted by molar-refractivity contribution is -0.139. The van der Waals surface area contributed by atoms with Crippen LogP contribution in [0.1, 0.15) is 45.4 Å². The highest BCUT2D eigenvalue weighted by atomic mass is 16.4. The molecule has 0 aromatic heterocycles. The first kappa shape index (κ1) is 13.2. The minimum absolute atomic E-state index is 0.122. The quantitative estimate of drug-likeness (QED) is 0.647. The second-order valence-electron chi connectivity index (χ2n) is 5.56. The molecule has 0 aromatic carbocycles. The summed E-state index contributed by atoms with van der Waals surface area (Å²) in [6.07, 6.45) is 6.24. The van der Waals surface area contributed by atoms with Gasteiger partial charge in [0.05, 0.1) is 0 Å². The Morgan fingerprint density at radius 3 is 2.33 bits per heavy atom. The molecule has 102 valence electrons. The van der Waals surface area contributed by atoms with Gasteiger partial charge in [-0.2, -0.15) is 0 Å². The number of carboxylic acid groups (broad SMARTS) is 1. The summed E-state index contributed by atoms with van der Waals surface area (Å²) in [5.41, 5.74) is 0. The number of amides is 2. The Morgan fingerprint density at radius 1 is 1.22 bits per heavy atom. The molecule has 5 nitrogen and oxygen atoms in total. The fraction of sp³-hybridized carbons (Fsp3) is 0.846. The Hall–Kier alpha value is -1.26. The van der Waals surface area contributed by atoms with Crippen molar-refractivity contribution in [3.05, 3.63) is 0 Å². The Kier molecular flexibility index (Phi) is 4.09. The van der Waals surface area contributed by atoms with Crippen molar-refractivity contribution >= 4 is 12.0 Å². The summed E-state index contributed by atoms with van der Waals surface area (Å²) >= 11 is 0. The minimum atomic E-state index is -0.928. The van der Waals surface area contributed by atoms with Gasteiger partial charge in [-0.1, -0.05) is 19.8 Å². The molecule has 2 rings (SSSR count). The van der Waals surface area contributed by atoms with Crippen molar-refractivity contribution in [2.75, 3.05) is 0 Å². The zero-order chi connectivity index (χ0) is 13.1. The zero-order valence-electron chi connectivity index (χ0n) is 10.8.